The van der Waals surface area contributed by atoms with Crippen LogP contribution in [0.15, 0.2) is 30.3 Å². The fourth-order valence-electron chi connectivity index (χ4n) is 7.06. The van der Waals surface area contributed by atoms with Crippen LogP contribution in [0, 0.1) is 0 Å². The van der Waals surface area contributed by atoms with Gasteiger partial charge in [0.25, 0.3) is 0 Å². The molecule has 1 aliphatic heterocycles. The van der Waals surface area contributed by atoms with Crippen molar-refractivity contribution < 1.29 is 39.2 Å². The van der Waals surface area contributed by atoms with Crippen LogP contribution in [-0.2, 0) is 25.7 Å². The number of hydrogen-bond donors (Lipinski definition) is 5. The number of nitrogens with one attached hydrogen (secondary N) is 2. The Kier molecular flexibility index (Phi) is 25.9. The fraction of sp³-hybridized carbons (Fsp3) is 0.791. The molecule has 1 aromatic rings. The summed E-state index contributed by atoms with van der Waals surface area (Å²) >= 11 is 0. The summed E-state index contributed by atoms with van der Waals surface area (Å²) in [5.41, 5.74) is 0.794. The first kappa shape index (κ1) is 47.4. The van der Waals surface area contributed by atoms with Crippen LogP contribution in [-0.4, -0.2) is 87.9 Å². The smallest absolute Gasteiger partial charge is 0.408 e. The Labute approximate surface area is 326 Å². The number of ether oxygens (including phenoxy) is 2. The van der Waals surface area contributed by atoms with Crippen LogP contribution in [0.1, 0.15) is 168 Å². The summed E-state index contributed by atoms with van der Waals surface area (Å²) in [5, 5.41) is 37.4. The predicted molar refractivity (Wildman–Crippen MR) is 214 cm³/mol. The fourth-order valence-corrected chi connectivity index (χ4v) is 7.06. The Balaban J connectivity index is 2.04. The van der Waals surface area contributed by atoms with Gasteiger partial charge in [-0.05, 0) is 25.3 Å². The molecular formula is C43H75N3O8. The number of aliphatic hydroxyl groups is 3. The van der Waals surface area contributed by atoms with Crippen molar-refractivity contribution in [2.75, 3.05) is 13.2 Å². The van der Waals surface area contributed by atoms with E-state index in [9.17, 15) is 29.7 Å². The van der Waals surface area contributed by atoms with Crippen molar-refractivity contribution in [3.63, 3.8) is 0 Å². The molecule has 0 unspecified atom stereocenters. The van der Waals surface area contributed by atoms with Crippen LogP contribution in [0.3, 0.4) is 0 Å². The molecule has 1 fully saturated rings. The Hall–Kier alpha value is -2.73. The van der Waals surface area contributed by atoms with E-state index in [2.05, 4.69) is 24.5 Å². The van der Waals surface area contributed by atoms with E-state index >= 15 is 0 Å². The molecule has 0 bridgehead atoms. The second kappa shape index (κ2) is 29.5. The third kappa shape index (κ3) is 19.2. The summed E-state index contributed by atoms with van der Waals surface area (Å²) < 4.78 is 11.4. The highest BCUT2D eigenvalue weighted by molar-refractivity contribution is 5.85. The van der Waals surface area contributed by atoms with Crippen molar-refractivity contribution in [2.45, 2.75) is 205 Å². The first-order chi connectivity index (χ1) is 26.2. The number of benzene rings is 1. The maximum Gasteiger partial charge on any atom is 0.408 e. The van der Waals surface area contributed by atoms with E-state index < -0.39 is 55.2 Å². The normalized spacial score (nSPS) is 20.3. The molecule has 0 aliphatic carbocycles. The van der Waals surface area contributed by atoms with Crippen molar-refractivity contribution in [3.8, 4) is 0 Å². The van der Waals surface area contributed by atoms with Crippen LogP contribution in [0.2, 0.25) is 0 Å². The molecule has 1 aromatic carbocycles. The van der Waals surface area contributed by atoms with E-state index in [1.54, 1.807) is 4.90 Å². The molecule has 11 nitrogen and oxygen atoms in total. The van der Waals surface area contributed by atoms with Crippen LogP contribution in [0.25, 0.3) is 0 Å². The molecule has 2 rings (SSSR count). The summed E-state index contributed by atoms with van der Waals surface area (Å²) in [6.07, 6.45) is 18.3. The van der Waals surface area contributed by atoms with Crippen molar-refractivity contribution >= 4 is 17.9 Å². The van der Waals surface area contributed by atoms with Crippen molar-refractivity contribution in [3.05, 3.63) is 35.9 Å². The first-order valence-corrected chi connectivity index (χ1v) is 21.4. The molecule has 1 aliphatic rings. The predicted octanol–water partition coefficient (Wildman–Crippen LogP) is 7.68. The molecule has 0 spiro atoms. The zero-order chi connectivity index (χ0) is 39.4. The Bertz CT molecular complexity index is 1130. The molecule has 6 atom stereocenters. The van der Waals surface area contributed by atoms with E-state index in [0.717, 1.165) is 44.1 Å². The largest absolute Gasteiger partial charge is 0.445 e. The number of carbonyl (C=O) groups is 3. The number of rotatable bonds is 30. The van der Waals surface area contributed by atoms with Gasteiger partial charge < -0.3 is 40.3 Å². The summed E-state index contributed by atoms with van der Waals surface area (Å²) in [7, 11) is 0. The summed E-state index contributed by atoms with van der Waals surface area (Å²) in [5.74, 6) is -0.795. The molecule has 54 heavy (non-hydrogen) atoms. The van der Waals surface area contributed by atoms with Gasteiger partial charge in [0.05, 0.1) is 6.61 Å². The van der Waals surface area contributed by atoms with E-state index in [1.807, 2.05) is 30.3 Å². The molecule has 3 amide bonds. The van der Waals surface area contributed by atoms with E-state index in [1.165, 1.54) is 90.4 Å². The van der Waals surface area contributed by atoms with Gasteiger partial charge in [-0.3, -0.25) is 9.59 Å². The summed E-state index contributed by atoms with van der Waals surface area (Å²) in [6, 6.07) is 6.90. The highest BCUT2D eigenvalue weighted by atomic mass is 16.6. The van der Waals surface area contributed by atoms with Gasteiger partial charge in [0, 0.05) is 13.0 Å². The van der Waals surface area contributed by atoms with E-state index in [0.29, 0.717) is 25.8 Å². The maximum atomic E-state index is 13.9. The Morgan fingerprint density at radius 3 is 1.76 bits per heavy atom. The standard InChI is InChI=1S/C43H75N3O8/c1-4-6-8-10-12-14-15-16-18-20-22-27-31-46(37(48)30-26-21-19-17-13-11-9-7-5-2)42-38(40(50)39(49)36(32-47)54-42)45-41(51)34(3)44-43(52)53-33-35-28-24-23-25-29-35/h23-25,28-29,34,36,38-40,42,47,49-50H,4-22,26-27,30-33H2,1-3H3,(H,44,52)(H,45,51)/t34-,36+,38+,39-,40+,42+/m0/s1. The molecule has 0 saturated carbocycles. The van der Waals surface area contributed by atoms with E-state index in [-0.39, 0.29) is 12.5 Å². The van der Waals surface area contributed by atoms with Crippen LogP contribution < -0.4 is 10.6 Å². The second-order valence-electron chi connectivity index (χ2n) is 15.2. The van der Waals surface area contributed by atoms with Gasteiger partial charge >= 0.3 is 6.09 Å². The summed E-state index contributed by atoms with van der Waals surface area (Å²) in [4.78, 5) is 41.4. The highest BCUT2D eigenvalue weighted by Gasteiger charge is 2.48. The van der Waals surface area contributed by atoms with E-state index in [4.69, 9.17) is 9.47 Å². The average Bonchev–Trinajstić information content (AvgIpc) is 3.17. The third-order valence-electron chi connectivity index (χ3n) is 10.5. The molecule has 310 valence electrons. The number of alkyl carbamates (subject to hydrolysis) is 1. The number of nitrogens with zero attached hydrogens (tertiary/aromatic N) is 1. The quantitative estimate of drug-likeness (QED) is 0.0500. The molecule has 1 heterocycles. The lowest BCUT2D eigenvalue weighted by Crippen LogP contribution is -2.69. The van der Waals surface area contributed by atoms with Crippen LogP contribution in [0.4, 0.5) is 4.79 Å². The lowest BCUT2D eigenvalue weighted by molar-refractivity contribution is -0.231. The monoisotopic (exact) mass is 762 g/mol. The highest BCUT2D eigenvalue weighted by Crippen LogP contribution is 2.26. The Morgan fingerprint density at radius 2 is 1.24 bits per heavy atom. The lowest BCUT2D eigenvalue weighted by Gasteiger charge is -2.47. The summed E-state index contributed by atoms with van der Waals surface area (Å²) in [6.45, 7) is 5.74. The topological polar surface area (TPSA) is 158 Å². The lowest BCUT2D eigenvalue weighted by atomic mass is 9.94. The van der Waals surface area contributed by atoms with Gasteiger partial charge in [-0.2, -0.15) is 0 Å². The van der Waals surface area contributed by atoms with Gasteiger partial charge in [0.2, 0.25) is 11.8 Å². The molecule has 0 aromatic heterocycles. The minimum atomic E-state index is -1.54. The molecular weight excluding hydrogens is 686 g/mol. The zero-order valence-electron chi connectivity index (χ0n) is 33.9. The number of aliphatic hydroxyl groups excluding tert-OH is 3. The molecule has 11 heteroatoms. The number of carbonyl (C=O) groups excluding carboxylic acids is 3. The van der Waals surface area contributed by atoms with Crippen molar-refractivity contribution in [1.82, 2.24) is 15.5 Å². The SMILES string of the molecule is CCCCCCCCCCCCCCN(C(=O)CCCCCCCCCCC)[C@@H]1O[C@H](CO)[C@H](O)[C@H](O)[C@H]1NC(=O)[C@H](C)NC(=O)OCc1ccccc1. The minimum absolute atomic E-state index is 0.0299. The van der Waals surface area contributed by atoms with Gasteiger partial charge in [-0.25, -0.2) is 4.79 Å². The third-order valence-corrected chi connectivity index (χ3v) is 10.5. The second-order valence-corrected chi connectivity index (χ2v) is 15.2. The van der Waals surface area contributed by atoms with Crippen molar-refractivity contribution in [1.29, 1.82) is 0 Å². The van der Waals surface area contributed by atoms with Crippen LogP contribution >= 0.6 is 0 Å². The number of amides is 3. The van der Waals surface area contributed by atoms with Gasteiger partial charge in [-0.15, -0.1) is 0 Å². The minimum Gasteiger partial charge on any atom is -0.445 e. The maximum absolute atomic E-state index is 13.9. The van der Waals surface area contributed by atoms with Gasteiger partial charge in [0.15, 0.2) is 6.23 Å². The number of hydrogen-bond acceptors (Lipinski definition) is 8. The van der Waals surface area contributed by atoms with Gasteiger partial charge in [0.1, 0.15) is 37.0 Å². The molecule has 5 N–H and O–H groups in total. The molecule has 1 saturated heterocycles. The van der Waals surface area contributed by atoms with Gasteiger partial charge in [-0.1, -0.05) is 166 Å². The Morgan fingerprint density at radius 1 is 0.741 bits per heavy atom. The first-order valence-electron chi connectivity index (χ1n) is 21.4. The average molecular weight is 762 g/mol. The van der Waals surface area contributed by atoms with Crippen molar-refractivity contribution in [2.24, 2.45) is 0 Å². The zero-order valence-corrected chi connectivity index (χ0v) is 33.9. The van der Waals surface area contributed by atoms with Crippen LogP contribution in [0.5, 0.6) is 0 Å². The number of unbranched alkanes of at least 4 members (excludes halogenated alkanes) is 19. The molecule has 0 radical (unpaired) electrons.